The standard InChI is InChI=1S/C12H14N2O2/c1-9-4-3-5-11(6-9)14-12(16-2)10(8-15)7-13-14/h3-7,15H,8H2,1-2H3. The van der Waals surface area contributed by atoms with Crippen molar-refractivity contribution < 1.29 is 9.84 Å². The Balaban J connectivity index is 2.51. The van der Waals surface area contributed by atoms with E-state index in [2.05, 4.69) is 5.10 Å². The average Bonchev–Trinajstić information content (AvgIpc) is 2.71. The summed E-state index contributed by atoms with van der Waals surface area (Å²) in [4.78, 5) is 0. The van der Waals surface area contributed by atoms with Crippen LogP contribution >= 0.6 is 0 Å². The first-order chi connectivity index (χ1) is 7.76. The van der Waals surface area contributed by atoms with Crippen LogP contribution in [-0.2, 0) is 6.61 Å². The number of hydrogen-bond donors (Lipinski definition) is 1. The van der Waals surface area contributed by atoms with Crippen molar-refractivity contribution in [3.63, 3.8) is 0 Å². The van der Waals surface area contributed by atoms with Crippen molar-refractivity contribution in [3.05, 3.63) is 41.6 Å². The predicted octanol–water partition coefficient (Wildman–Crippen LogP) is 1.68. The summed E-state index contributed by atoms with van der Waals surface area (Å²) in [6, 6.07) is 7.94. The molecule has 1 heterocycles. The normalized spacial score (nSPS) is 10.4. The van der Waals surface area contributed by atoms with E-state index in [-0.39, 0.29) is 6.61 Å². The summed E-state index contributed by atoms with van der Waals surface area (Å²) >= 11 is 0. The van der Waals surface area contributed by atoms with Gasteiger partial charge in [0.2, 0.25) is 5.88 Å². The molecule has 1 aromatic heterocycles. The van der Waals surface area contributed by atoms with Gasteiger partial charge in [-0.15, -0.1) is 0 Å². The van der Waals surface area contributed by atoms with Crippen LogP contribution in [0.25, 0.3) is 5.69 Å². The zero-order valence-corrected chi connectivity index (χ0v) is 9.34. The Labute approximate surface area is 94.1 Å². The van der Waals surface area contributed by atoms with Gasteiger partial charge in [0.05, 0.1) is 31.2 Å². The quantitative estimate of drug-likeness (QED) is 0.852. The van der Waals surface area contributed by atoms with E-state index in [0.717, 1.165) is 11.3 Å². The van der Waals surface area contributed by atoms with E-state index in [1.165, 1.54) is 0 Å². The number of ether oxygens (including phenoxy) is 1. The lowest BCUT2D eigenvalue weighted by molar-refractivity contribution is 0.272. The Hall–Kier alpha value is -1.81. The minimum Gasteiger partial charge on any atom is -0.481 e. The molecule has 0 aliphatic rings. The number of aliphatic hydroxyl groups is 1. The topological polar surface area (TPSA) is 47.3 Å². The molecule has 1 N–H and O–H groups in total. The molecule has 0 radical (unpaired) electrons. The summed E-state index contributed by atoms with van der Waals surface area (Å²) in [7, 11) is 1.57. The number of methoxy groups -OCH3 is 1. The molecule has 0 saturated carbocycles. The predicted molar refractivity (Wildman–Crippen MR) is 60.8 cm³/mol. The van der Waals surface area contributed by atoms with Crippen molar-refractivity contribution in [3.8, 4) is 11.6 Å². The van der Waals surface area contributed by atoms with Gasteiger partial charge in [0.1, 0.15) is 0 Å². The van der Waals surface area contributed by atoms with Gasteiger partial charge in [-0.25, -0.2) is 4.68 Å². The van der Waals surface area contributed by atoms with Crippen molar-refractivity contribution in [1.29, 1.82) is 0 Å². The maximum atomic E-state index is 9.13. The number of benzene rings is 1. The van der Waals surface area contributed by atoms with Crippen LogP contribution in [-0.4, -0.2) is 22.0 Å². The van der Waals surface area contributed by atoms with Crippen LogP contribution in [0.3, 0.4) is 0 Å². The molecule has 0 aliphatic heterocycles. The van der Waals surface area contributed by atoms with Crippen LogP contribution in [0.15, 0.2) is 30.5 Å². The zero-order chi connectivity index (χ0) is 11.5. The molecule has 2 aromatic rings. The number of nitrogens with zero attached hydrogens (tertiary/aromatic N) is 2. The summed E-state index contributed by atoms with van der Waals surface area (Å²) in [5.74, 6) is 0.577. The lowest BCUT2D eigenvalue weighted by atomic mass is 10.2. The van der Waals surface area contributed by atoms with E-state index in [9.17, 15) is 0 Å². The van der Waals surface area contributed by atoms with Gasteiger partial charge in [-0.05, 0) is 24.6 Å². The zero-order valence-electron chi connectivity index (χ0n) is 9.34. The van der Waals surface area contributed by atoms with Gasteiger partial charge in [-0.3, -0.25) is 0 Å². The largest absolute Gasteiger partial charge is 0.481 e. The first-order valence-corrected chi connectivity index (χ1v) is 5.05. The van der Waals surface area contributed by atoms with Crippen LogP contribution in [0.5, 0.6) is 5.88 Å². The molecule has 0 bridgehead atoms. The van der Waals surface area contributed by atoms with E-state index in [4.69, 9.17) is 9.84 Å². The lowest BCUT2D eigenvalue weighted by Gasteiger charge is -2.07. The minimum absolute atomic E-state index is 0.0744. The van der Waals surface area contributed by atoms with Crippen LogP contribution in [0.1, 0.15) is 11.1 Å². The van der Waals surface area contributed by atoms with Crippen molar-refractivity contribution in [2.45, 2.75) is 13.5 Å². The minimum atomic E-state index is -0.0744. The van der Waals surface area contributed by atoms with E-state index < -0.39 is 0 Å². The molecule has 0 aliphatic carbocycles. The highest BCUT2D eigenvalue weighted by Crippen LogP contribution is 2.22. The Morgan fingerprint density at radius 2 is 2.25 bits per heavy atom. The van der Waals surface area contributed by atoms with Gasteiger partial charge >= 0.3 is 0 Å². The third-order valence-electron chi connectivity index (χ3n) is 2.41. The number of aromatic nitrogens is 2. The van der Waals surface area contributed by atoms with Crippen LogP contribution in [0, 0.1) is 6.92 Å². The van der Waals surface area contributed by atoms with Crippen LogP contribution in [0.4, 0.5) is 0 Å². The first kappa shape index (κ1) is 10.7. The molecule has 84 valence electrons. The van der Waals surface area contributed by atoms with Gasteiger partial charge in [0.25, 0.3) is 0 Å². The van der Waals surface area contributed by atoms with Gasteiger partial charge < -0.3 is 9.84 Å². The second-order valence-electron chi connectivity index (χ2n) is 3.59. The number of rotatable bonds is 3. The fourth-order valence-corrected chi connectivity index (χ4v) is 1.64. The maximum Gasteiger partial charge on any atom is 0.222 e. The molecule has 0 amide bonds. The SMILES string of the molecule is COc1c(CO)cnn1-c1cccc(C)c1. The second kappa shape index (κ2) is 4.37. The average molecular weight is 218 g/mol. The van der Waals surface area contributed by atoms with Crippen molar-refractivity contribution in [2.75, 3.05) is 7.11 Å². The summed E-state index contributed by atoms with van der Waals surface area (Å²) < 4.78 is 6.92. The van der Waals surface area contributed by atoms with Crippen LogP contribution in [0.2, 0.25) is 0 Å². The third kappa shape index (κ3) is 1.79. The highest BCUT2D eigenvalue weighted by molar-refractivity contribution is 5.40. The Kier molecular flexibility index (Phi) is 2.92. The molecule has 0 unspecified atom stereocenters. The molecule has 0 fully saturated rings. The smallest absolute Gasteiger partial charge is 0.222 e. The van der Waals surface area contributed by atoms with Gasteiger partial charge in [0, 0.05) is 0 Å². The molecule has 1 aromatic carbocycles. The Bertz CT molecular complexity index is 492. The van der Waals surface area contributed by atoms with E-state index in [1.807, 2.05) is 31.2 Å². The molecule has 0 saturated heterocycles. The molecule has 4 heteroatoms. The molecule has 4 nitrogen and oxygen atoms in total. The fourth-order valence-electron chi connectivity index (χ4n) is 1.64. The summed E-state index contributed by atoms with van der Waals surface area (Å²) in [5.41, 5.74) is 2.76. The van der Waals surface area contributed by atoms with E-state index >= 15 is 0 Å². The maximum absolute atomic E-state index is 9.13. The number of aliphatic hydroxyl groups excluding tert-OH is 1. The summed E-state index contributed by atoms with van der Waals surface area (Å²) in [6.45, 7) is 1.95. The van der Waals surface area contributed by atoms with Gasteiger partial charge in [-0.1, -0.05) is 12.1 Å². The number of hydrogen-bond acceptors (Lipinski definition) is 3. The second-order valence-corrected chi connectivity index (χ2v) is 3.59. The molecule has 0 atom stereocenters. The molecular formula is C12H14N2O2. The summed E-state index contributed by atoms with van der Waals surface area (Å²) in [5, 5.41) is 13.3. The highest BCUT2D eigenvalue weighted by Gasteiger charge is 2.11. The first-order valence-electron chi connectivity index (χ1n) is 5.05. The van der Waals surface area contributed by atoms with E-state index in [0.29, 0.717) is 11.4 Å². The van der Waals surface area contributed by atoms with Gasteiger partial charge in [-0.2, -0.15) is 5.10 Å². The lowest BCUT2D eigenvalue weighted by Crippen LogP contribution is -2.01. The Morgan fingerprint density at radius 1 is 1.44 bits per heavy atom. The highest BCUT2D eigenvalue weighted by atomic mass is 16.5. The van der Waals surface area contributed by atoms with Crippen LogP contribution < -0.4 is 4.74 Å². The Morgan fingerprint density at radius 3 is 2.88 bits per heavy atom. The molecule has 16 heavy (non-hydrogen) atoms. The molecular weight excluding hydrogens is 204 g/mol. The molecule has 2 rings (SSSR count). The van der Waals surface area contributed by atoms with E-state index in [1.54, 1.807) is 18.0 Å². The van der Waals surface area contributed by atoms with Gasteiger partial charge in [0.15, 0.2) is 0 Å². The monoisotopic (exact) mass is 218 g/mol. The molecule has 0 spiro atoms. The number of aryl methyl sites for hydroxylation is 1. The summed E-state index contributed by atoms with van der Waals surface area (Å²) in [6.07, 6.45) is 1.61. The fraction of sp³-hybridized carbons (Fsp3) is 0.250. The van der Waals surface area contributed by atoms with Crippen molar-refractivity contribution in [1.82, 2.24) is 9.78 Å². The van der Waals surface area contributed by atoms with Crippen molar-refractivity contribution >= 4 is 0 Å². The third-order valence-corrected chi connectivity index (χ3v) is 2.41. The van der Waals surface area contributed by atoms with Crippen molar-refractivity contribution in [2.24, 2.45) is 0 Å².